The summed E-state index contributed by atoms with van der Waals surface area (Å²) < 4.78 is 0. The van der Waals surface area contributed by atoms with Crippen LogP contribution in [0.2, 0.25) is 0 Å². The number of hydrogen-bond acceptors (Lipinski definition) is 4. The molecule has 0 fully saturated rings. The van der Waals surface area contributed by atoms with Gasteiger partial charge >= 0.3 is 0 Å². The predicted molar refractivity (Wildman–Crippen MR) is 85.5 cm³/mol. The van der Waals surface area contributed by atoms with Crippen LogP contribution in [0.3, 0.4) is 0 Å². The number of anilines is 1. The van der Waals surface area contributed by atoms with Crippen molar-refractivity contribution in [1.82, 2.24) is 15.5 Å². The number of likely N-dealkylation sites (N-methyl/N-ethyl adjacent to an activating group) is 1. The number of aryl methyl sites for hydroxylation is 1. The average Bonchev–Trinajstić information content (AvgIpc) is 2.42. The van der Waals surface area contributed by atoms with E-state index in [2.05, 4.69) is 26.9 Å². The van der Waals surface area contributed by atoms with Crippen LogP contribution in [-0.2, 0) is 0 Å². The van der Waals surface area contributed by atoms with E-state index in [9.17, 15) is 0 Å². The van der Waals surface area contributed by atoms with Crippen LogP contribution in [0, 0.1) is 6.92 Å². The summed E-state index contributed by atoms with van der Waals surface area (Å²) in [6.45, 7) is 3.79. The fourth-order valence-electron chi connectivity index (χ4n) is 1.72. The predicted octanol–water partition coefficient (Wildman–Crippen LogP) is 1.68. The molecule has 2 rings (SSSR count). The van der Waals surface area contributed by atoms with Gasteiger partial charge in [0, 0.05) is 18.7 Å². The van der Waals surface area contributed by atoms with E-state index < -0.39 is 0 Å². The molecule has 5 nitrogen and oxygen atoms in total. The maximum Gasteiger partial charge on any atom is 0.151 e. The number of aromatic nitrogens is 2. The van der Waals surface area contributed by atoms with Gasteiger partial charge in [-0.05, 0) is 25.6 Å². The van der Waals surface area contributed by atoms with Gasteiger partial charge in [-0.3, -0.25) is 0 Å². The summed E-state index contributed by atoms with van der Waals surface area (Å²) in [5, 5.41) is 14.8. The molecule has 1 aromatic heterocycles. The van der Waals surface area contributed by atoms with Crippen LogP contribution in [0.1, 0.15) is 5.56 Å². The first-order chi connectivity index (χ1) is 8.81. The molecule has 0 amide bonds. The first-order valence-corrected chi connectivity index (χ1v) is 6.09. The number of benzene rings is 1. The Kier molecular flexibility index (Phi) is 8.47. The van der Waals surface area contributed by atoms with Gasteiger partial charge in [-0.1, -0.05) is 30.3 Å². The Balaban J connectivity index is 0.00000180. The Morgan fingerprint density at radius 1 is 1.05 bits per heavy atom. The molecule has 0 aliphatic heterocycles. The fourth-order valence-corrected chi connectivity index (χ4v) is 1.72. The molecule has 0 saturated carbocycles. The molecule has 0 spiro atoms. The first-order valence-electron chi connectivity index (χ1n) is 6.09. The van der Waals surface area contributed by atoms with Gasteiger partial charge in [0.2, 0.25) is 0 Å². The molecule has 0 bridgehead atoms. The molecule has 1 aromatic carbocycles. The Labute approximate surface area is 125 Å². The van der Waals surface area contributed by atoms with Gasteiger partial charge in [0.25, 0.3) is 0 Å². The molecule has 6 heteroatoms. The lowest BCUT2D eigenvalue weighted by Gasteiger charge is -2.08. The van der Waals surface area contributed by atoms with Crippen LogP contribution in [-0.4, -0.2) is 35.8 Å². The fraction of sp³-hybridized carbons (Fsp3) is 0.286. The zero-order valence-corrected chi connectivity index (χ0v) is 12.5. The van der Waals surface area contributed by atoms with Gasteiger partial charge < -0.3 is 16.1 Å². The average molecular weight is 297 g/mol. The molecule has 110 valence electrons. The summed E-state index contributed by atoms with van der Waals surface area (Å²) in [6.07, 6.45) is 0. The molecule has 0 aliphatic rings. The Morgan fingerprint density at radius 3 is 2.35 bits per heavy atom. The number of halogens is 1. The third-order valence-electron chi connectivity index (χ3n) is 2.72. The summed E-state index contributed by atoms with van der Waals surface area (Å²) in [6, 6.07) is 12.1. The van der Waals surface area contributed by atoms with Crippen molar-refractivity contribution in [2.75, 3.05) is 25.5 Å². The second kappa shape index (κ2) is 9.25. The summed E-state index contributed by atoms with van der Waals surface area (Å²) >= 11 is 0. The minimum Gasteiger partial charge on any atom is -0.412 e. The van der Waals surface area contributed by atoms with Crippen molar-refractivity contribution in [3.8, 4) is 11.3 Å². The lowest BCUT2D eigenvalue weighted by Crippen LogP contribution is -2.18. The third kappa shape index (κ3) is 4.77. The van der Waals surface area contributed by atoms with Gasteiger partial charge in [-0.2, -0.15) is 0 Å². The van der Waals surface area contributed by atoms with Gasteiger partial charge in [-0.25, -0.2) is 0 Å². The number of hydrogen-bond donors (Lipinski definition) is 2. The summed E-state index contributed by atoms with van der Waals surface area (Å²) in [4.78, 5) is 0. The maximum absolute atomic E-state index is 4.26. The van der Waals surface area contributed by atoms with Crippen molar-refractivity contribution in [1.29, 1.82) is 0 Å². The van der Waals surface area contributed by atoms with E-state index in [0.717, 1.165) is 35.7 Å². The van der Waals surface area contributed by atoms with Crippen molar-refractivity contribution in [2.45, 2.75) is 6.92 Å². The van der Waals surface area contributed by atoms with Crippen molar-refractivity contribution in [2.24, 2.45) is 0 Å². The van der Waals surface area contributed by atoms with Gasteiger partial charge in [0.15, 0.2) is 5.82 Å². The zero-order chi connectivity index (χ0) is 12.8. The lowest BCUT2D eigenvalue weighted by molar-refractivity contribution is 0.817. The number of rotatable bonds is 5. The number of nitrogens with zero attached hydrogens (tertiary/aromatic N) is 2. The second-order valence-corrected chi connectivity index (χ2v) is 4.16. The monoisotopic (exact) mass is 296 g/mol. The van der Waals surface area contributed by atoms with Crippen LogP contribution in [0.25, 0.3) is 11.3 Å². The van der Waals surface area contributed by atoms with Crippen LogP contribution < -0.4 is 10.6 Å². The standard InChI is InChI=1S/C14H18N4.ClH.H2O/c1-11-10-13(12-6-4-3-5-7-12)17-18-14(11)16-9-8-15-2;;/h3-7,10,15H,8-9H2,1-2H3,(H,16,18);1H;1H2. The highest BCUT2D eigenvalue weighted by atomic mass is 35.5. The van der Waals surface area contributed by atoms with Crippen LogP contribution in [0.4, 0.5) is 5.82 Å². The SMILES string of the molecule is CNCCNc1nnc(-c2ccccc2)cc1C.Cl.O. The molecule has 0 aliphatic carbocycles. The van der Waals surface area contributed by atoms with Crippen LogP contribution in [0.5, 0.6) is 0 Å². The Bertz CT molecular complexity index is 508. The van der Waals surface area contributed by atoms with Gasteiger partial charge in [0.1, 0.15) is 0 Å². The number of nitrogens with one attached hydrogen (secondary N) is 2. The van der Waals surface area contributed by atoms with Crippen molar-refractivity contribution >= 4 is 18.2 Å². The molecule has 20 heavy (non-hydrogen) atoms. The molecule has 0 atom stereocenters. The lowest BCUT2D eigenvalue weighted by atomic mass is 10.1. The Morgan fingerprint density at radius 2 is 1.75 bits per heavy atom. The molecule has 1 heterocycles. The van der Waals surface area contributed by atoms with E-state index in [0.29, 0.717) is 0 Å². The summed E-state index contributed by atoms with van der Waals surface area (Å²) in [5.74, 6) is 0.852. The third-order valence-corrected chi connectivity index (χ3v) is 2.72. The molecule has 0 saturated heterocycles. The highest BCUT2D eigenvalue weighted by Crippen LogP contribution is 2.19. The minimum atomic E-state index is 0. The zero-order valence-electron chi connectivity index (χ0n) is 11.7. The van der Waals surface area contributed by atoms with Crippen LogP contribution >= 0.6 is 12.4 Å². The highest BCUT2D eigenvalue weighted by molar-refractivity contribution is 5.85. The van der Waals surface area contributed by atoms with Gasteiger partial charge in [0.05, 0.1) is 5.69 Å². The van der Waals surface area contributed by atoms with E-state index >= 15 is 0 Å². The highest BCUT2D eigenvalue weighted by Gasteiger charge is 2.04. The van der Waals surface area contributed by atoms with Crippen LogP contribution in [0.15, 0.2) is 36.4 Å². The van der Waals surface area contributed by atoms with E-state index in [1.165, 1.54) is 0 Å². The normalized spacial score (nSPS) is 9.30. The smallest absolute Gasteiger partial charge is 0.151 e. The quantitative estimate of drug-likeness (QED) is 0.823. The van der Waals surface area contributed by atoms with E-state index in [-0.39, 0.29) is 17.9 Å². The van der Waals surface area contributed by atoms with E-state index in [1.54, 1.807) is 0 Å². The second-order valence-electron chi connectivity index (χ2n) is 4.16. The van der Waals surface area contributed by atoms with Crippen molar-refractivity contribution < 1.29 is 5.48 Å². The summed E-state index contributed by atoms with van der Waals surface area (Å²) in [7, 11) is 1.93. The topological polar surface area (TPSA) is 81.3 Å². The van der Waals surface area contributed by atoms with E-state index in [4.69, 9.17) is 0 Å². The van der Waals surface area contributed by atoms with Gasteiger partial charge in [-0.15, -0.1) is 22.6 Å². The van der Waals surface area contributed by atoms with E-state index in [1.807, 2.05) is 44.3 Å². The largest absolute Gasteiger partial charge is 0.412 e. The summed E-state index contributed by atoms with van der Waals surface area (Å²) in [5.41, 5.74) is 3.11. The molecule has 0 unspecified atom stereocenters. The molecule has 4 N–H and O–H groups in total. The molecular formula is C14H21ClN4O. The molecule has 0 radical (unpaired) electrons. The Hall–Kier alpha value is -1.69. The van der Waals surface area contributed by atoms with Crippen molar-refractivity contribution in [3.05, 3.63) is 42.0 Å². The maximum atomic E-state index is 4.26. The molecular weight excluding hydrogens is 276 g/mol. The minimum absolute atomic E-state index is 0. The first kappa shape index (κ1) is 18.3. The molecule has 2 aromatic rings. The van der Waals surface area contributed by atoms with Crippen molar-refractivity contribution in [3.63, 3.8) is 0 Å².